The molecule has 6 nitrogen and oxygen atoms in total. The number of benzene rings is 3. The molecule has 0 bridgehead atoms. The summed E-state index contributed by atoms with van der Waals surface area (Å²) in [4.78, 5) is 19.1. The summed E-state index contributed by atoms with van der Waals surface area (Å²) in [5.41, 5.74) is 4.09. The number of fused-ring (bicyclic) bond motifs is 2. The fraction of sp³-hybridized carbons (Fsp3) is 0.100. The molecule has 0 atom stereocenters. The Bertz CT molecular complexity index is 1590. The molecule has 1 N–H and O–H groups in total. The molecular formula is C30H24N4O2S. The van der Waals surface area contributed by atoms with Gasteiger partial charge in [-0.2, -0.15) is 4.99 Å². The van der Waals surface area contributed by atoms with Crippen molar-refractivity contribution in [3.63, 3.8) is 0 Å². The molecule has 4 aromatic rings. The molecule has 1 amide bonds. The van der Waals surface area contributed by atoms with Crippen LogP contribution in [0.2, 0.25) is 0 Å². The van der Waals surface area contributed by atoms with Gasteiger partial charge in [0.1, 0.15) is 11.6 Å². The van der Waals surface area contributed by atoms with Gasteiger partial charge in [-0.05, 0) is 36.3 Å². The average Bonchev–Trinajstić information content (AvgIpc) is 3.52. The van der Waals surface area contributed by atoms with Crippen molar-refractivity contribution in [1.29, 1.82) is 5.41 Å². The fourth-order valence-electron chi connectivity index (χ4n) is 4.59. The maximum absolute atomic E-state index is 13.0. The first-order chi connectivity index (χ1) is 18.2. The maximum atomic E-state index is 13.0. The molecule has 0 saturated heterocycles. The summed E-state index contributed by atoms with van der Waals surface area (Å²) in [5.74, 6) is 0.617. The second-order valence-electron chi connectivity index (χ2n) is 8.74. The van der Waals surface area contributed by atoms with Crippen molar-refractivity contribution >= 4 is 51.3 Å². The Kier molecular flexibility index (Phi) is 6.20. The van der Waals surface area contributed by atoms with Gasteiger partial charge in [0.15, 0.2) is 5.17 Å². The second kappa shape index (κ2) is 9.95. The summed E-state index contributed by atoms with van der Waals surface area (Å²) in [6.07, 6.45) is 4.69. The zero-order valence-corrected chi connectivity index (χ0v) is 20.8. The number of carbonyl (C=O) groups excluding carboxylic acids is 1. The standard InChI is InChI=1S/C30H24N4O2S/c31-28-25(29(35)32-30-34(28)27(20-37-30)21-10-3-1-4-11-21)18-22-19-33(26-15-8-7-14-24(22)26)16-9-17-36-23-12-5-2-6-13-23/h1-8,10-15,18-20,31H,9,16-17H2/b25-18-,31-28?. The first-order valence-electron chi connectivity index (χ1n) is 12.1. The summed E-state index contributed by atoms with van der Waals surface area (Å²) < 4.78 is 8.04. The Morgan fingerprint density at radius 3 is 2.49 bits per heavy atom. The molecule has 0 fully saturated rings. The lowest BCUT2D eigenvalue weighted by atomic mass is 10.1. The largest absolute Gasteiger partial charge is 0.494 e. The SMILES string of the molecule is N=C1/C(=C/c2cn(CCCOc3ccccc3)c3ccccc23)C(=O)N=C2SC=C(c3ccccc3)N12. The van der Waals surface area contributed by atoms with Crippen molar-refractivity contribution < 1.29 is 9.53 Å². The Morgan fingerprint density at radius 1 is 0.946 bits per heavy atom. The van der Waals surface area contributed by atoms with Crippen LogP contribution in [0.25, 0.3) is 22.7 Å². The van der Waals surface area contributed by atoms with Gasteiger partial charge in [-0.1, -0.05) is 78.5 Å². The second-order valence-corrected chi connectivity index (χ2v) is 9.58. The van der Waals surface area contributed by atoms with Gasteiger partial charge >= 0.3 is 0 Å². The monoisotopic (exact) mass is 504 g/mol. The third-order valence-corrected chi connectivity index (χ3v) is 7.18. The number of amides is 1. The summed E-state index contributed by atoms with van der Waals surface area (Å²) >= 11 is 1.37. The normalized spacial score (nSPS) is 16.2. The van der Waals surface area contributed by atoms with Crippen molar-refractivity contribution in [2.75, 3.05) is 6.61 Å². The van der Waals surface area contributed by atoms with Crippen molar-refractivity contribution in [1.82, 2.24) is 9.47 Å². The first-order valence-corrected chi connectivity index (χ1v) is 13.0. The molecule has 182 valence electrons. The van der Waals surface area contributed by atoms with Gasteiger partial charge in [0.25, 0.3) is 5.91 Å². The predicted molar refractivity (Wildman–Crippen MR) is 150 cm³/mol. The predicted octanol–water partition coefficient (Wildman–Crippen LogP) is 6.41. The number of carbonyl (C=O) groups is 1. The highest BCUT2D eigenvalue weighted by Crippen LogP contribution is 2.37. The molecule has 0 radical (unpaired) electrons. The van der Waals surface area contributed by atoms with E-state index in [1.54, 1.807) is 11.0 Å². The van der Waals surface area contributed by atoms with E-state index in [1.165, 1.54) is 11.8 Å². The van der Waals surface area contributed by atoms with E-state index in [9.17, 15) is 4.79 Å². The highest BCUT2D eigenvalue weighted by molar-refractivity contribution is 8.17. The van der Waals surface area contributed by atoms with E-state index in [0.717, 1.165) is 46.4 Å². The zero-order valence-electron chi connectivity index (χ0n) is 20.0. The smallest absolute Gasteiger partial charge is 0.283 e. The van der Waals surface area contributed by atoms with Crippen molar-refractivity contribution in [2.45, 2.75) is 13.0 Å². The van der Waals surface area contributed by atoms with Crippen molar-refractivity contribution in [3.8, 4) is 5.75 Å². The number of thioether (sulfide) groups is 1. The minimum Gasteiger partial charge on any atom is -0.494 e. The number of rotatable bonds is 7. The molecule has 6 rings (SSSR count). The number of nitrogens with one attached hydrogen (secondary N) is 1. The third kappa shape index (κ3) is 4.49. The lowest BCUT2D eigenvalue weighted by Gasteiger charge is -2.26. The fourth-order valence-corrected chi connectivity index (χ4v) is 5.48. The molecule has 3 aromatic carbocycles. The molecule has 7 heteroatoms. The van der Waals surface area contributed by atoms with E-state index in [0.29, 0.717) is 11.8 Å². The number of aryl methyl sites for hydroxylation is 1. The number of aliphatic imine (C=N–C) groups is 1. The molecule has 0 unspecified atom stereocenters. The van der Waals surface area contributed by atoms with Crippen LogP contribution in [0.3, 0.4) is 0 Å². The lowest BCUT2D eigenvalue weighted by molar-refractivity contribution is -0.114. The van der Waals surface area contributed by atoms with Crippen LogP contribution in [0.15, 0.2) is 107 Å². The number of aromatic nitrogens is 1. The van der Waals surface area contributed by atoms with E-state index in [4.69, 9.17) is 10.1 Å². The third-order valence-electron chi connectivity index (χ3n) is 6.36. The summed E-state index contributed by atoms with van der Waals surface area (Å²) in [5, 5.41) is 12.4. The van der Waals surface area contributed by atoms with Gasteiger partial charge in [-0.25, -0.2) is 0 Å². The zero-order chi connectivity index (χ0) is 25.2. The number of ether oxygens (including phenoxy) is 1. The molecule has 2 aliphatic rings. The van der Waals surface area contributed by atoms with E-state index >= 15 is 0 Å². The molecule has 0 saturated carbocycles. The van der Waals surface area contributed by atoms with Gasteiger partial charge in [0, 0.05) is 34.6 Å². The number of hydrogen-bond donors (Lipinski definition) is 1. The topological polar surface area (TPSA) is 70.7 Å². The summed E-state index contributed by atoms with van der Waals surface area (Å²) in [6, 6.07) is 27.8. The lowest BCUT2D eigenvalue weighted by Crippen LogP contribution is -2.37. The summed E-state index contributed by atoms with van der Waals surface area (Å²) in [7, 11) is 0. The molecular weight excluding hydrogens is 480 g/mol. The van der Waals surface area contributed by atoms with Crippen LogP contribution in [-0.2, 0) is 11.3 Å². The Labute approximate surface area is 219 Å². The Morgan fingerprint density at radius 2 is 1.68 bits per heavy atom. The van der Waals surface area contributed by atoms with Crippen molar-refractivity contribution in [3.05, 3.63) is 113 Å². The molecule has 3 heterocycles. The van der Waals surface area contributed by atoms with E-state index in [2.05, 4.69) is 15.6 Å². The molecule has 1 aromatic heterocycles. The van der Waals surface area contributed by atoms with E-state index in [-0.39, 0.29) is 17.3 Å². The highest BCUT2D eigenvalue weighted by atomic mass is 32.2. The maximum Gasteiger partial charge on any atom is 0.283 e. The number of amidine groups is 2. The number of para-hydroxylation sites is 2. The Hall–Kier alpha value is -4.36. The van der Waals surface area contributed by atoms with Crippen LogP contribution in [0.4, 0.5) is 0 Å². The van der Waals surface area contributed by atoms with Gasteiger partial charge in [-0.15, -0.1) is 0 Å². The first kappa shape index (κ1) is 23.1. The van der Waals surface area contributed by atoms with Gasteiger partial charge < -0.3 is 9.30 Å². The van der Waals surface area contributed by atoms with Crippen LogP contribution < -0.4 is 4.74 Å². The van der Waals surface area contributed by atoms with E-state index in [1.807, 2.05) is 90.5 Å². The van der Waals surface area contributed by atoms with Crippen molar-refractivity contribution in [2.24, 2.45) is 4.99 Å². The average molecular weight is 505 g/mol. The molecule has 2 aliphatic heterocycles. The van der Waals surface area contributed by atoms with E-state index < -0.39 is 0 Å². The molecule has 37 heavy (non-hydrogen) atoms. The molecule has 0 spiro atoms. The van der Waals surface area contributed by atoms with Gasteiger partial charge in [-0.3, -0.25) is 15.1 Å². The minimum atomic E-state index is -0.389. The van der Waals surface area contributed by atoms with Crippen LogP contribution in [0.5, 0.6) is 5.75 Å². The Balaban J connectivity index is 1.27. The summed E-state index contributed by atoms with van der Waals surface area (Å²) in [6.45, 7) is 1.38. The van der Waals surface area contributed by atoms with Crippen LogP contribution in [0.1, 0.15) is 17.5 Å². The number of nitrogens with zero attached hydrogens (tertiary/aromatic N) is 3. The van der Waals surface area contributed by atoms with Crippen LogP contribution >= 0.6 is 11.8 Å². The van der Waals surface area contributed by atoms with Crippen LogP contribution in [-0.4, -0.2) is 33.0 Å². The van der Waals surface area contributed by atoms with Gasteiger partial charge in [0.05, 0.1) is 17.9 Å². The molecule has 0 aliphatic carbocycles. The van der Waals surface area contributed by atoms with Crippen LogP contribution in [0, 0.1) is 5.41 Å². The minimum absolute atomic E-state index is 0.142. The highest BCUT2D eigenvalue weighted by Gasteiger charge is 2.36. The number of hydrogen-bond acceptors (Lipinski definition) is 4. The quantitative estimate of drug-likeness (QED) is 0.233. The van der Waals surface area contributed by atoms with Gasteiger partial charge in [0.2, 0.25) is 0 Å².